The van der Waals surface area contributed by atoms with Gasteiger partial charge in [0, 0.05) is 59.9 Å². The van der Waals surface area contributed by atoms with Crippen molar-refractivity contribution in [2.75, 3.05) is 44.2 Å². The number of benzene rings is 3. The number of imide groups is 1. The predicted molar refractivity (Wildman–Crippen MR) is 129 cm³/mol. The Morgan fingerprint density at radius 2 is 1.31 bits per heavy atom. The molecule has 2 amide bonds. The maximum absolute atomic E-state index is 13.0. The number of halogens is 1. The number of hydrogen-bond donors (Lipinski definition) is 0. The van der Waals surface area contributed by atoms with Crippen molar-refractivity contribution in [2.24, 2.45) is 0 Å². The highest BCUT2D eigenvalue weighted by Gasteiger charge is 2.32. The first kappa shape index (κ1) is 21.0. The van der Waals surface area contributed by atoms with Crippen molar-refractivity contribution in [3.63, 3.8) is 0 Å². The van der Waals surface area contributed by atoms with Gasteiger partial charge in [0.05, 0.1) is 0 Å². The summed E-state index contributed by atoms with van der Waals surface area (Å²) in [5, 5.41) is 2.50. The number of hydrogen-bond acceptors (Lipinski definition) is 4. The molecule has 2 aliphatic heterocycles. The minimum Gasteiger partial charge on any atom is -0.369 e. The predicted octanol–water partition coefficient (Wildman–Crippen LogP) is 4.69. The van der Waals surface area contributed by atoms with Gasteiger partial charge in [-0.1, -0.05) is 35.9 Å². The van der Waals surface area contributed by atoms with E-state index >= 15 is 0 Å². The Morgan fingerprint density at radius 3 is 1.94 bits per heavy atom. The summed E-state index contributed by atoms with van der Waals surface area (Å²) in [5.41, 5.74) is 2.48. The third kappa shape index (κ3) is 3.98. The average Bonchev–Trinajstić information content (AvgIpc) is 2.83. The molecule has 0 aliphatic carbocycles. The standard InChI is InChI=1S/C26H26ClN3O2/c27-20-9-11-21(12-10-20)29-17-15-28(16-18-29)13-1-2-14-30-25(31)22-7-3-5-19-6-4-8-23(24(19)22)26(30)32/h3-12H,1-2,13-18H2. The Hall–Kier alpha value is -2.89. The number of anilines is 1. The molecule has 0 unspecified atom stereocenters. The zero-order valence-corrected chi connectivity index (χ0v) is 18.7. The monoisotopic (exact) mass is 447 g/mol. The molecular formula is C26H26ClN3O2. The fraction of sp³-hybridized carbons (Fsp3) is 0.308. The van der Waals surface area contributed by atoms with E-state index in [4.69, 9.17) is 11.6 Å². The minimum atomic E-state index is -0.170. The van der Waals surface area contributed by atoms with Gasteiger partial charge in [0.15, 0.2) is 0 Å². The first-order chi connectivity index (χ1) is 15.6. The molecule has 0 bridgehead atoms. The zero-order chi connectivity index (χ0) is 22.1. The molecule has 164 valence electrons. The molecule has 0 saturated carbocycles. The number of carbonyl (C=O) groups excluding carboxylic acids is 2. The van der Waals surface area contributed by atoms with Crippen LogP contribution in [0.15, 0.2) is 60.7 Å². The van der Waals surface area contributed by atoms with Gasteiger partial charge in [0.25, 0.3) is 11.8 Å². The summed E-state index contributed by atoms with van der Waals surface area (Å²) in [6, 6.07) is 19.3. The van der Waals surface area contributed by atoms with E-state index in [9.17, 15) is 9.59 Å². The van der Waals surface area contributed by atoms with Crippen molar-refractivity contribution in [2.45, 2.75) is 12.8 Å². The summed E-state index contributed by atoms with van der Waals surface area (Å²) in [7, 11) is 0. The summed E-state index contributed by atoms with van der Waals surface area (Å²) in [4.78, 5) is 32.2. The van der Waals surface area contributed by atoms with Gasteiger partial charge in [-0.3, -0.25) is 19.4 Å². The van der Waals surface area contributed by atoms with E-state index < -0.39 is 0 Å². The summed E-state index contributed by atoms with van der Waals surface area (Å²) in [6.45, 7) is 5.46. The number of carbonyl (C=O) groups is 2. The molecule has 0 spiro atoms. The lowest BCUT2D eigenvalue weighted by Gasteiger charge is -2.36. The molecule has 5 rings (SSSR count). The maximum Gasteiger partial charge on any atom is 0.261 e. The van der Waals surface area contributed by atoms with Gasteiger partial charge in [0.1, 0.15) is 0 Å². The fourth-order valence-electron chi connectivity index (χ4n) is 4.77. The zero-order valence-electron chi connectivity index (χ0n) is 18.0. The molecule has 0 N–H and O–H groups in total. The summed E-state index contributed by atoms with van der Waals surface area (Å²) >= 11 is 5.99. The van der Waals surface area contributed by atoms with Crippen LogP contribution in [-0.4, -0.2) is 60.9 Å². The van der Waals surface area contributed by atoms with Gasteiger partial charge < -0.3 is 4.90 Å². The first-order valence-corrected chi connectivity index (χ1v) is 11.6. The minimum absolute atomic E-state index is 0.170. The second kappa shape index (κ2) is 8.93. The molecule has 0 radical (unpaired) electrons. The smallest absolute Gasteiger partial charge is 0.261 e. The van der Waals surface area contributed by atoms with Crippen molar-refractivity contribution in [1.29, 1.82) is 0 Å². The highest BCUT2D eigenvalue weighted by Crippen LogP contribution is 2.30. The largest absolute Gasteiger partial charge is 0.369 e. The van der Waals surface area contributed by atoms with E-state index in [2.05, 4.69) is 21.9 Å². The second-order valence-electron chi connectivity index (χ2n) is 8.48. The number of piperazine rings is 1. The van der Waals surface area contributed by atoms with E-state index in [1.807, 2.05) is 48.5 Å². The topological polar surface area (TPSA) is 43.9 Å². The van der Waals surface area contributed by atoms with Crippen molar-refractivity contribution in [1.82, 2.24) is 9.80 Å². The summed E-state index contributed by atoms with van der Waals surface area (Å²) in [5.74, 6) is -0.341. The molecule has 1 saturated heterocycles. The van der Waals surface area contributed by atoms with Gasteiger partial charge >= 0.3 is 0 Å². The van der Waals surface area contributed by atoms with Crippen LogP contribution in [0.4, 0.5) is 5.69 Å². The van der Waals surface area contributed by atoms with Crippen LogP contribution in [0.5, 0.6) is 0 Å². The van der Waals surface area contributed by atoms with Gasteiger partial charge in [0.2, 0.25) is 0 Å². The third-order valence-corrected chi connectivity index (χ3v) is 6.78. The first-order valence-electron chi connectivity index (χ1n) is 11.2. The van der Waals surface area contributed by atoms with Crippen molar-refractivity contribution in [3.05, 3.63) is 76.8 Å². The van der Waals surface area contributed by atoms with Crippen molar-refractivity contribution < 1.29 is 9.59 Å². The number of rotatable bonds is 6. The molecule has 0 atom stereocenters. The molecule has 3 aromatic rings. The molecule has 5 nitrogen and oxygen atoms in total. The molecule has 32 heavy (non-hydrogen) atoms. The Labute approximate surface area is 193 Å². The van der Waals surface area contributed by atoms with Crippen molar-refractivity contribution >= 4 is 39.9 Å². The molecule has 3 aromatic carbocycles. The second-order valence-corrected chi connectivity index (χ2v) is 8.92. The lowest BCUT2D eigenvalue weighted by Crippen LogP contribution is -2.46. The highest BCUT2D eigenvalue weighted by molar-refractivity contribution is 6.30. The molecule has 2 aliphatic rings. The maximum atomic E-state index is 13.0. The molecular weight excluding hydrogens is 422 g/mol. The van der Waals surface area contributed by atoms with Gasteiger partial charge in [-0.05, 0) is 61.2 Å². The van der Waals surface area contributed by atoms with Crippen LogP contribution in [0.1, 0.15) is 33.6 Å². The van der Waals surface area contributed by atoms with Gasteiger partial charge in [-0.15, -0.1) is 0 Å². The molecule has 0 aromatic heterocycles. The summed E-state index contributed by atoms with van der Waals surface area (Å²) < 4.78 is 0. The van der Waals surface area contributed by atoms with E-state index in [1.165, 1.54) is 10.6 Å². The average molecular weight is 448 g/mol. The van der Waals surface area contributed by atoms with Gasteiger partial charge in [-0.2, -0.15) is 0 Å². The Morgan fingerprint density at radius 1 is 0.719 bits per heavy atom. The molecule has 6 heteroatoms. The third-order valence-electron chi connectivity index (χ3n) is 6.53. The lowest BCUT2D eigenvalue weighted by atomic mass is 9.94. The Kier molecular flexibility index (Phi) is 5.85. The number of nitrogens with zero attached hydrogens (tertiary/aromatic N) is 3. The molecule has 1 fully saturated rings. The van der Waals surface area contributed by atoms with E-state index in [0.717, 1.165) is 61.4 Å². The van der Waals surface area contributed by atoms with E-state index in [-0.39, 0.29) is 11.8 Å². The lowest BCUT2D eigenvalue weighted by molar-refractivity contribution is 0.0606. The Balaban J connectivity index is 1.13. The normalized spacial score (nSPS) is 16.8. The van der Waals surface area contributed by atoms with Crippen LogP contribution in [0.25, 0.3) is 10.8 Å². The van der Waals surface area contributed by atoms with Crippen LogP contribution in [0.2, 0.25) is 5.02 Å². The highest BCUT2D eigenvalue weighted by atomic mass is 35.5. The molecule has 2 heterocycles. The Bertz CT molecular complexity index is 1100. The quantitative estimate of drug-likeness (QED) is 0.406. The van der Waals surface area contributed by atoms with Gasteiger partial charge in [-0.25, -0.2) is 0 Å². The summed E-state index contributed by atoms with van der Waals surface area (Å²) in [6.07, 6.45) is 1.77. The SMILES string of the molecule is O=C1c2cccc3cccc(c23)C(=O)N1CCCCN1CCN(c2ccc(Cl)cc2)CC1. The van der Waals surface area contributed by atoms with Crippen LogP contribution in [0, 0.1) is 0 Å². The number of unbranched alkanes of at least 4 members (excludes halogenated alkanes) is 1. The van der Waals surface area contributed by atoms with Crippen LogP contribution >= 0.6 is 11.6 Å². The van der Waals surface area contributed by atoms with Crippen molar-refractivity contribution in [3.8, 4) is 0 Å². The number of amides is 2. The van der Waals surface area contributed by atoms with Crippen LogP contribution in [0.3, 0.4) is 0 Å². The van der Waals surface area contributed by atoms with E-state index in [0.29, 0.717) is 17.7 Å². The van der Waals surface area contributed by atoms with Crippen LogP contribution in [-0.2, 0) is 0 Å². The van der Waals surface area contributed by atoms with Crippen LogP contribution < -0.4 is 4.90 Å². The van der Waals surface area contributed by atoms with E-state index in [1.54, 1.807) is 0 Å². The fourth-order valence-corrected chi connectivity index (χ4v) is 4.90.